The van der Waals surface area contributed by atoms with Gasteiger partial charge in [0.05, 0.1) is 0 Å². The first-order valence-electron chi connectivity index (χ1n) is 8.40. The number of nitrogens with one attached hydrogen (secondary N) is 1. The van der Waals surface area contributed by atoms with Crippen molar-refractivity contribution in [2.75, 3.05) is 6.54 Å². The van der Waals surface area contributed by atoms with E-state index >= 15 is 0 Å². The Labute approximate surface area is 153 Å². The van der Waals surface area contributed by atoms with Gasteiger partial charge in [-0.2, -0.15) is 0 Å². The van der Waals surface area contributed by atoms with Gasteiger partial charge in [0.2, 0.25) is 0 Å². The highest BCUT2D eigenvalue weighted by Gasteiger charge is 2.10. The van der Waals surface area contributed by atoms with Gasteiger partial charge >= 0.3 is 0 Å². The average molecular weight is 361 g/mol. The molecular formula is C20H22Cl2N2. The Morgan fingerprint density at radius 3 is 2.67 bits per heavy atom. The fraction of sp³-hybridized carbons (Fsp3) is 0.300. The molecule has 1 aromatic heterocycles. The Bertz CT molecular complexity index is 824. The zero-order valence-corrected chi connectivity index (χ0v) is 15.4. The third-order valence-electron chi connectivity index (χ3n) is 4.25. The Morgan fingerprint density at radius 1 is 1.04 bits per heavy atom. The van der Waals surface area contributed by atoms with Crippen LogP contribution < -0.4 is 5.32 Å². The van der Waals surface area contributed by atoms with Crippen molar-refractivity contribution in [2.45, 2.75) is 32.9 Å². The van der Waals surface area contributed by atoms with Gasteiger partial charge in [0, 0.05) is 40.2 Å². The van der Waals surface area contributed by atoms with Crippen molar-refractivity contribution in [3.05, 3.63) is 69.8 Å². The molecule has 0 aliphatic heterocycles. The van der Waals surface area contributed by atoms with Crippen molar-refractivity contribution in [3.63, 3.8) is 0 Å². The zero-order valence-electron chi connectivity index (χ0n) is 13.9. The molecule has 0 bridgehead atoms. The Hall–Kier alpha value is -1.48. The topological polar surface area (TPSA) is 17.0 Å². The fourth-order valence-electron chi connectivity index (χ4n) is 2.95. The van der Waals surface area contributed by atoms with Crippen LogP contribution in [0, 0.1) is 0 Å². The molecule has 0 aliphatic rings. The van der Waals surface area contributed by atoms with E-state index in [1.807, 2.05) is 12.1 Å². The molecule has 1 heterocycles. The first-order valence-corrected chi connectivity index (χ1v) is 9.16. The van der Waals surface area contributed by atoms with Crippen molar-refractivity contribution in [1.29, 1.82) is 0 Å². The molecule has 0 saturated carbocycles. The minimum absolute atomic E-state index is 0.668. The molecule has 0 unspecified atom stereocenters. The van der Waals surface area contributed by atoms with Crippen molar-refractivity contribution < 1.29 is 0 Å². The van der Waals surface area contributed by atoms with Gasteiger partial charge in [0.1, 0.15) is 0 Å². The van der Waals surface area contributed by atoms with Crippen LogP contribution in [0.4, 0.5) is 0 Å². The van der Waals surface area contributed by atoms with Crippen LogP contribution in [-0.4, -0.2) is 11.1 Å². The predicted molar refractivity (Wildman–Crippen MR) is 104 cm³/mol. The molecule has 0 saturated heterocycles. The van der Waals surface area contributed by atoms with E-state index in [1.165, 1.54) is 29.3 Å². The van der Waals surface area contributed by atoms with Gasteiger partial charge < -0.3 is 9.88 Å². The van der Waals surface area contributed by atoms with Gasteiger partial charge in [-0.25, -0.2) is 0 Å². The Kier molecular flexibility index (Phi) is 5.83. The van der Waals surface area contributed by atoms with Crippen LogP contribution in [0.3, 0.4) is 0 Å². The third-order valence-corrected chi connectivity index (χ3v) is 4.84. The van der Waals surface area contributed by atoms with Crippen LogP contribution in [0.15, 0.2) is 48.7 Å². The molecule has 1 N–H and O–H groups in total. The first-order chi connectivity index (χ1) is 11.7. The van der Waals surface area contributed by atoms with E-state index in [4.69, 9.17) is 23.2 Å². The molecule has 3 aromatic rings. The number of nitrogens with zero attached hydrogens (tertiary/aromatic N) is 1. The SMILES string of the molecule is CCCCNCc1cn(Cc2ccc(Cl)cc2Cl)c2ccccc12. The summed E-state index contributed by atoms with van der Waals surface area (Å²) in [4.78, 5) is 0. The summed E-state index contributed by atoms with van der Waals surface area (Å²) in [6.45, 7) is 4.90. The van der Waals surface area contributed by atoms with Crippen molar-refractivity contribution in [2.24, 2.45) is 0 Å². The van der Waals surface area contributed by atoms with E-state index < -0.39 is 0 Å². The van der Waals surface area contributed by atoms with Crippen LogP contribution >= 0.6 is 23.2 Å². The number of fused-ring (bicyclic) bond motifs is 1. The molecule has 126 valence electrons. The molecule has 2 nitrogen and oxygen atoms in total. The number of para-hydroxylation sites is 1. The first kappa shape index (κ1) is 17.3. The van der Waals surface area contributed by atoms with E-state index in [2.05, 4.69) is 47.3 Å². The van der Waals surface area contributed by atoms with E-state index in [9.17, 15) is 0 Å². The molecule has 0 aliphatic carbocycles. The summed E-state index contributed by atoms with van der Waals surface area (Å²) in [5.74, 6) is 0. The van der Waals surface area contributed by atoms with Gasteiger partial charge in [-0.05, 0) is 42.3 Å². The normalized spacial score (nSPS) is 11.3. The fourth-order valence-corrected chi connectivity index (χ4v) is 3.42. The average Bonchev–Trinajstić information content (AvgIpc) is 2.92. The summed E-state index contributed by atoms with van der Waals surface area (Å²) < 4.78 is 2.27. The summed E-state index contributed by atoms with van der Waals surface area (Å²) in [5.41, 5.74) is 3.63. The summed E-state index contributed by atoms with van der Waals surface area (Å²) in [6, 6.07) is 14.2. The molecule has 4 heteroatoms. The minimum Gasteiger partial charge on any atom is -0.343 e. The van der Waals surface area contributed by atoms with Crippen LogP contribution in [0.25, 0.3) is 10.9 Å². The molecule has 0 amide bonds. The second-order valence-electron chi connectivity index (χ2n) is 6.07. The summed E-state index contributed by atoms with van der Waals surface area (Å²) in [5, 5.41) is 6.21. The smallest absolute Gasteiger partial charge is 0.0491 e. The molecular weight excluding hydrogens is 339 g/mol. The highest BCUT2D eigenvalue weighted by molar-refractivity contribution is 6.35. The lowest BCUT2D eigenvalue weighted by molar-refractivity contribution is 0.641. The van der Waals surface area contributed by atoms with E-state index in [-0.39, 0.29) is 0 Å². The maximum Gasteiger partial charge on any atom is 0.0491 e. The molecule has 2 aromatic carbocycles. The number of rotatable bonds is 7. The third kappa shape index (κ3) is 3.94. The number of halogens is 2. The maximum atomic E-state index is 6.35. The Morgan fingerprint density at radius 2 is 1.88 bits per heavy atom. The lowest BCUT2D eigenvalue weighted by Gasteiger charge is -2.08. The molecule has 3 rings (SSSR count). The van der Waals surface area contributed by atoms with Crippen molar-refractivity contribution >= 4 is 34.1 Å². The summed E-state index contributed by atoms with van der Waals surface area (Å²) in [7, 11) is 0. The van der Waals surface area contributed by atoms with Gasteiger partial charge in [0.15, 0.2) is 0 Å². The number of aromatic nitrogens is 1. The molecule has 0 fully saturated rings. The monoisotopic (exact) mass is 360 g/mol. The minimum atomic E-state index is 0.668. The quantitative estimate of drug-likeness (QED) is 0.520. The lowest BCUT2D eigenvalue weighted by Crippen LogP contribution is -2.14. The van der Waals surface area contributed by atoms with Crippen LogP contribution in [0.2, 0.25) is 10.0 Å². The van der Waals surface area contributed by atoms with Gasteiger partial charge in [-0.15, -0.1) is 0 Å². The standard InChI is InChI=1S/C20H22Cl2N2/c1-2-3-10-23-12-16-14-24(20-7-5-4-6-18(16)20)13-15-8-9-17(21)11-19(15)22/h4-9,11,14,23H,2-3,10,12-13H2,1H3. The van der Waals surface area contributed by atoms with E-state index in [0.29, 0.717) is 10.0 Å². The largest absolute Gasteiger partial charge is 0.343 e. The lowest BCUT2D eigenvalue weighted by atomic mass is 10.2. The van der Waals surface area contributed by atoms with Crippen LogP contribution in [0.5, 0.6) is 0 Å². The zero-order chi connectivity index (χ0) is 16.9. The molecule has 0 radical (unpaired) electrons. The van der Waals surface area contributed by atoms with Crippen molar-refractivity contribution in [1.82, 2.24) is 9.88 Å². The summed E-state index contributed by atoms with van der Waals surface area (Å²) in [6.07, 6.45) is 4.65. The number of benzene rings is 2. The van der Waals surface area contributed by atoms with Gasteiger partial charge in [0.25, 0.3) is 0 Å². The predicted octanol–water partition coefficient (Wildman–Crippen LogP) is 5.89. The molecule has 0 spiro atoms. The highest BCUT2D eigenvalue weighted by atomic mass is 35.5. The molecule has 0 atom stereocenters. The Balaban J connectivity index is 1.87. The van der Waals surface area contributed by atoms with Crippen LogP contribution in [0.1, 0.15) is 30.9 Å². The van der Waals surface area contributed by atoms with E-state index in [1.54, 1.807) is 6.07 Å². The maximum absolute atomic E-state index is 6.35. The second kappa shape index (κ2) is 8.06. The van der Waals surface area contributed by atoms with Crippen LogP contribution in [-0.2, 0) is 13.1 Å². The highest BCUT2D eigenvalue weighted by Crippen LogP contribution is 2.26. The van der Waals surface area contributed by atoms with Crippen molar-refractivity contribution in [3.8, 4) is 0 Å². The van der Waals surface area contributed by atoms with Gasteiger partial charge in [-0.3, -0.25) is 0 Å². The molecule has 24 heavy (non-hydrogen) atoms. The number of hydrogen-bond acceptors (Lipinski definition) is 1. The van der Waals surface area contributed by atoms with E-state index in [0.717, 1.165) is 25.2 Å². The second-order valence-corrected chi connectivity index (χ2v) is 6.91. The number of unbranched alkanes of at least 4 members (excludes halogenated alkanes) is 1. The summed E-state index contributed by atoms with van der Waals surface area (Å²) >= 11 is 12.3. The van der Waals surface area contributed by atoms with Gasteiger partial charge in [-0.1, -0.05) is 60.8 Å². The number of hydrogen-bond donors (Lipinski definition) is 1.